The third-order valence-corrected chi connectivity index (χ3v) is 3.13. The minimum absolute atomic E-state index is 0.317. The van der Waals surface area contributed by atoms with E-state index in [1.807, 2.05) is 0 Å². The molecular weight excluding hydrogens is 280 g/mol. The number of benzene rings is 1. The molecule has 0 spiro atoms. The topological polar surface area (TPSA) is 104 Å². The molecule has 2 aromatic rings. The number of hydrogen-bond donors (Lipinski definition) is 3. The Bertz CT molecular complexity index is 614. The SMILES string of the molecule is Cc1nsc(NC(=O)N[C@H](C(=O)O)c2ccccc2)n1. The van der Waals surface area contributed by atoms with Gasteiger partial charge in [0.2, 0.25) is 5.13 Å². The second kappa shape index (κ2) is 6.11. The van der Waals surface area contributed by atoms with Gasteiger partial charge in [-0.3, -0.25) is 5.32 Å². The van der Waals surface area contributed by atoms with Gasteiger partial charge in [0.25, 0.3) is 0 Å². The number of nitrogens with one attached hydrogen (secondary N) is 2. The first kappa shape index (κ1) is 13.9. The molecule has 1 atom stereocenters. The predicted octanol–water partition coefficient (Wildman–Crippen LogP) is 1.79. The Hall–Kier alpha value is -2.48. The number of amides is 2. The third-order valence-electron chi connectivity index (χ3n) is 2.40. The van der Waals surface area contributed by atoms with Crippen molar-refractivity contribution in [2.45, 2.75) is 13.0 Å². The van der Waals surface area contributed by atoms with Crippen molar-refractivity contribution in [3.05, 3.63) is 41.7 Å². The Morgan fingerprint density at radius 1 is 1.30 bits per heavy atom. The molecule has 104 valence electrons. The number of nitrogens with zero attached hydrogens (tertiary/aromatic N) is 2. The summed E-state index contributed by atoms with van der Waals surface area (Å²) in [5.74, 6) is -0.595. The monoisotopic (exact) mass is 292 g/mol. The van der Waals surface area contributed by atoms with E-state index in [4.69, 9.17) is 0 Å². The maximum Gasteiger partial charge on any atom is 0.330 e. The van der Waals surface area contributed by atoms with E-state index < -0.39 is 18.0 Å². The largest absolute Gasteiger partial charge is 0.479 e. The minimum atomic E-state index is -1.14. The average molecular weight is 292 g/mol. The van der Waals surface area contributed by atoms with Crippen LogP contribution in [0.2, 0.25) is 0 Å². The molecule has 0 saturated heterocycles. The summed E-state index contributed by atoms with van der Waals surface area (Å²) in [4.78, 5) is 27.0. The number of carboxylic acid groups (broad SMARTS) is 1. The predicted molar refractivity (Wildman–Crippen MR) is 73.6 cm³/mol. The van der Waals surface area contributed by atoms with Crippen LogP contribution in [0, 0.1) is 6.92 Å². The summed E-state index contributed by atoms with van der Waals surface area (Å²) in [7, 11) is 0. The van der Waals surface area contributed by atoms with Crippen LogP contribution in [0.4, 0.5) is 9.93 Å². The van der Waals surface area contributed by atoms with E-state index >= 15 is 0 Å². The standard InChI is InChI=1S/C12H12N4O3S/c1-7-13-12(20-16-7)15-11(19)14-9(10(17)18)8-5-3-2-4-6-8/h2-6,9H,1H3,(H,17,18)(H2,13,14,15,16,19)/t9-/m0/s1. The number of aliphatic carboxylic acids is 1. The van der Waals surface area contributed by atoms with Crippen molar-refractivity contribution in [2.75, 3.05) is 5.32 Å². The lowest BCUT2D eigenvalue weighted by Crippen LogP contribution is -2.36. The van der Waals surface area contributed by atoms with E-state index in [9.17, 15) is 14.7 Å². The second-order valence-corrected chi connectivity index (χ2v) is 4.68. The molecule has 20 heavy (non-hydrogen) atoms. The van der Waals surface area contributed by atoms with Crippen molar-refractivity contribution in [2.24, 2.45) is 0 Å². The molecular formula is C12H12N4O3S. The van der Waals surface area contributed by atoms with Crippen LogP contribution in [0.3, 0.4) is 0 Å². The van der Waals surface area contributed by atoms with Crippen molar-refractivity contribution in [1.29, 1.82) is 0 Å². The van der Waals surface area contributed by atoms with Gasteiger partial charge >= 0.3 is 12.0 Å². The zero-order valence-electron chi connectivity index (χ0n) is 10.5. The number of carbonyl (C=O) groups excluding carboxylic acids is 1. The molecule has 0 saturated carbocycles. The fraction of sp³-hybridized carbons (Fsp3) is 0.167. The summed E-state index contributed by atoms with van der Waals surface area (Å²) in [6, 6.07) is 6.69. The van der Waals surface area contributed by atoms with E-state index in [1.165, 1.54) is 0 Å². The van der Waals surface area contributed by atoms with Crippen LogP contribution in [0.5, 0.6) is 0 Å². The highest BCUT2D eigenvalue weighted by Gasteiger charge is 2.22. The number of aromatic nitrogens is 2. The lowest BCUT2D eigenvalue weighted by molar-refractivity contribution is -0.139. The van der Waals surface area contributed by atoms with Crippen LogP contribution in [0.15, 0.2) is 30.3 Å². The molecule has 1 aromatic heterocycles. The molecule has 0 aliphatic carbocycles. The number of hydrogen-bond acceptors (Lipinski definition) is 5. The van der Waals surface area contributed by atoms with Crippen molar-refractivity contribution >= 4 is 28.7 Å². The highest BCUT2D eigenvalue weighted by Crippen LogP contribution is 2.14. The minimum Gasteiger partial charge on any atom is -0.479 e. The summed E-state index contributed by atoms with van der Waals surface area (Å²) in [5, 5.41) is 14.3. The maximum atomic E-state index is 11.8. The molecule has 2 rings (SSSR count). The van der Waals surface area contributed by atoms with Gasteiger partial charge in [-0.1, -0.05) is 30.3 Å². The quantitative estimate of drug-likeness (QED) is 0.797. The number of carboxylic acids is 1. The first-order chi connectivity index (χ1) is 9.56. The fourth-order valence-electron chi connectivity index (χ4n) is 1.55. The van der Waals surface area contributed by atoms with E-state index in [0.29, 0.717) is 16.5 Å². The first-order valence-electron chi connectivity index (χ1n) is 5.72. The van der Waals surface area contributed by atoms with E-state index in [1.54, 1.807) is 37.3 Å². The lowest BCUT2D eigenvalue weighted by Gasteiger charge is -2.14. The molecule has 7 nitrogen and oxygen atoms in total. The van der Waals surface area contributed by atoms with Gasteiger partial charge in [0.05, 0.1) is 0 Å². The molecule has 1 aromatic carbocycles. The van der Waals surface area contributed by atoms with Crippen LogP contribution in [0.25, 0.3) is 0 Å². The van der Waals surface area contributed by atoms with Crippen molar-refractivity contribution in [3.8, 4) is 0 Å². The summed E-state index contributed by atoms with van der Waals surface area (Å²) < 4.78 is 3.91. The van der Waals surface area contributed by atoms with Gasteiger partial charge < -0.3 is 10.4 Å². The Labute approximate surface area is 118 Å². The number of carbonyl (C=O) groups is 2. The smallest absolute Gasteiger partial charge is 0.330 e. The number of anilines is 1. The number of rotatable bonds is 4. The van der Waals surface area contributed by atoms with Gasteiger partial charge in [-0.15, -0.1) is 0 Å². The molecule has 3 N–H and O–H groups in total. The Morgan fingerprint density at radius 3 is 2.55 bits per heavy atom. The van der Waals surface area contributed by atoms with Gasteiger partial charge in [0.15, 0.2) is 6.04 Å². The normalized spacial score (nSPS) is 11.7. The van der Waals surface area contributed by atoms with Crippen molar-refractivity contribution < 1.29 is 14.7 Å². The first-order valence-corrected chi connectivity index (χ1v) is 6.49. The number of aryl methyl sites for hydroxylation is 1. The summed E-state index contributed by atoms with van der Waals surface area (Å²) in [6.45, 7) is 1.70. The highest BCUT2D eigenvalue weighted by atomic mass is 32.1. The van der Waals surface area contributed by atoms with Gasteiger partial charge in [-0.05, 0) is 12.5 Å². The molecule has 0 unspecified atom stereocenters. The van der Waals surface area contributed by atoms with Crippen LogP contribution >= 0.6 is 11.5 Å². The Balaban J connectivity index is 2.05. The fourth-order valence-corrected chi connectivity index (χ4v) is 2.12. The van der Waals surface area contributed by atoms with E-state index in [0.717, 1.165) is 11.5 Å². The molecule has 0 radical (unpaired) electrons. The van der Waals surface area contributed by atoms with Crippen LogP contribution in [-0.2, 0) is 4.79 Å². The van der Waals surface area contributed by atoms with Crippen LogP contribution in [0.1, 0.15) is 17.4 Å². The maximum absolute atomic E-state index is 11.8. The van der Waals surface area contributed by atoms with Crippen molar-refractivity contribution in [3.63, 3.8) is 0 Å². The zero-order chi connectivity index (χ0) is 14.5. The molecule has 0 aliphatic rings. The van der Waals surface area contributed by atoms with Crippen molar-refractivity contribution in [1.82, 2.24) is 14.7 Å². The summed E-state index contributed by atoms with van der Waals surface area (Å²) in [5.41, 5.74) is 0.489. The summed E-state index contributed by atoms with van der Waals surface area (Å²) >= 11 is 1.03. The Kier molecular flexibility index (Phi) is 4.26. The van der Waals surface area contributed by atoms with E-state index in [-0.39, 0.29) is 0 Å². The third kappa shape index (κ3) is 3.51. The van der Waals surface area contributed by atoms with Crippen LogP contribution in [-0.4, -0.2) is 26.5 Å². The van der Waals surface area contributed by atoms with Crippen LogP contribution < -0.4 is 10.6 Å². The second-order valence-electron chi connectivity index (χ2n) is 3.93. The zero-order valence-corrected chi connectivity index (χ0v) is 11.3. The summed E-state index contributed by atoms with van der Waals surface area (Å²) in [6.07, 6.45) is 0. The molecule has 0 fully saturated rings. The molecule has 8 heteroatoms. The molecule has 0 aliphatic heterocycles. The van der Waals surface area contributed by atoms with E-state index in [2.05, 4.69) is 20.0 Å². The van der Waals surface area contributed by atoms with Gasteiger partial charge in [-0.2, -0.15) is 4.37 Å². The molecule has 0 bridgehead atoms. The number of urea groups is 1. The molecule has 2 amide bonds. The van der Waals surface area contributed by atoms with Gasteiger partial charge in [0.1, 0.15) is 5.82 Å². The Morgan fingerprint density at radius 2 is 2.00 bits per heavy atom. The van der Waals surface area contributed by atoms with Gasteiger partial charge in [0, 0.05) is 11.5 Å². The van der Waals surface area contributed by atoms with Gasteiger partial charge in [-0.25, -0.2) is 14.6 Å². The highest BCUT2D eigenvalue weighted by molar-refractivity contribution is 7.09. The lowest BCUT2D eigenvalue weighted by atomic mass is 10.1. The molecule has 1 heterocycles. The average Bonchev–Trinajstić information content (AvgIpc) is 2.82.